The molecule has 1 aromatic carbocycles. The van der Waals surface area contributed by atoms with Crippen LogP contribution in [0, 0.1) is 0 Å². The van der Waals surface area contributed by atoms with Gasteiger partial charge >= 0.3 is 0 Å². The molecule has 0 aromatic heterocycles. The van der Waals surface area contributed by atoms with E-state index in [1.165, 1.54) is 0 Å². The number of hydrogen-bond acceptors (Lipinski definition) is 3. The van der Waals surface area contributed by atoms with Crippen LogP contribution < -0.4 is 10.6 Å². The number of carbonyl (C=O) groups is 1. The van der Waals surface area contributed by atoms with Crippen LogP contribution in [0.2, 0.25) is 0 Å². The molecular formula is C11H14Br2N2O2. The molecule has 2 N–H and O–H groups in total. The van der Waals surface area contributed by atoms with Crippen LogP contribution in [-0.2, 0) is 9.53 Å². The zero-order chi connectivity index (χ0) is 12.7. The van der Waals surface area contributed by atoms with E-state index in [4.69, 9.17) is 4.74 Å². The van der Waals surface area contributed by atoms with E-state index >= 15 is 0 Å². The summed E-state index contributed by atoms with van der Waals surface area (Å²) < 4.78 is 6.72. The molecule has 0 radical (unpaired) electrons. The maximum Gasteiger partial charge on any atom is 0.239 e. The molecule has 4 nitrogen and oxygen atoms in total. The molecule has 0 spiro atoms. The molecular weight excluding hydrogens is 352 g/mol. The van der Waals surface area contributed by atoms with Crippen molar-refractivity contribution in [1.82, 2.24) is 5.32 Å². The highest BCUT2D eigenvalue weighted by Gasteiger charge is 2.03. The molecule has 0 aliphatic heterocycles. The summed E-state index contributed by atoms with van der Waals surface area (Å²) in [5.74, 6) is -0.0612. The van der Waals surface area contributed by atoms with Gasteiger partial charge in [-0.25, -0.2) is 0 Å². The van der Waals surface area contributed by atoms with Gasteiger partial charge in [-0.2, -0.15) is 0 Å². The van der Waals surface area contributed by atoms with Crippen LogP contribution >= 0.6 is 31.9 Å². The molecule has 0 aliphatic carbocycles. The highest BCUT2D eigenvalue weighted by atomic mass is 79.9. The number of anilines is 1. The molecule has 0 heterocycles. The second kappa shape index (κ2) is 7.68. The molecule has 1 amide bonds. The smallest absolute Gasteiger partial charge is 0.239 e. The highest BCUT2D eigenvalue weighted by Crippen LogP contribution is 2.25. The average Bonchev–Trinajstić information content (AvgIpc) is 2.31. The van der Waals surface area contributed by atoms with Crippen LogP contribution in [0.5, 0.6) is 0 Å². The first-order valence-corrected chi connectivity index (χ1v) is 6.66. The number of hydrogen-bond donors (Lipinski definition) is 2. The minimum absolute atomic E-state index is 0.0612. The van der Waals surface area contributed by atoms with E-state index in [0.717, 1.165) is 14.6 Å². The standard InChI is InChI=1S/C11H14Br2N2O2/c1-17-5-4-14-11(16)7-15-10-6-8(12)2-3-9(10)13/h2-3,6,15H,4-5,7H2,1H3,(H,14,16). The van der Waals surface area contributed by atoms with Gasteiger partial charge in [0.15, 0.2) is 0 Å². The minimum Gasteiger partial charge on any atom is -0.383 e. The summed E-state index contributed by atoms with van der Waals surface area (Å²) in [4.78, 5) is 11.4. The monoisotopic (exact) mass is 364 g/mol. The van der Waals surface area contributed by atoms with Crippen LogP contribution in [0.1, 0.15) is 0 Å². The topological polar surface area (TPSA) is 50.4 Å². The molecule has 1 aromatic rings. The lowest BCUT2D eigenvalue weighted by Gasteiger charge is -2.09. The Morgan fingerprint density at radius 1 is 1.41 bits per heavy atom. The first kappa shape index (κ1) is 14.5. The molecule has 0 atom stereocenters. The first-order chi connectivity index (χ1) is 8.13. The Hall–Kier alpha value is -0.590. The maximum absolute atomic E-state index is 11.4. The number of carbonyl (C=O) groups excluding carboxylic acids is 1. The predicted octanol–water partition coefficient (Wildman–Crippen LogP) is 2.39. The Kier molecular flexibility index (Phi) is 6.54. The van der Waals surface area contributed by atoms with Crippen molar-refractivity contribution in [2.75, 3.05) is 32.1 Å². The van der Waals surface area contributed by atoms with Gasteiger partial charge < -0.3 is 15.4 Å². The highest BCUT2D eigenvalue weighted by molar-refractivity contribution is 9.11. The van der Waals surface area contributed by atoms with Gasteiger partial charge in [0.1, 0.15) is 0 Å². The zero-order valence-electron chi connectivity index (χ0n) is 9.43. The molecule has 0 saturated carbocycles. The van der Waals surface area contributed by atoms with Gasteiger partial charge in [-0.15, -0.1) is 0 Å². The van der Waals surface area contributed by atoms with Crippen LogP contribution in [-0.4, -0.2) is 32.7 Å². The minimum atomic E-state index is -0.0612. The van der Waals surface area contributed by atoms with E-state index in [1.807, 2.05) is 18.2 Å². The van der Waals surface area contributed by atoms with Crippen molar-refractivity contribution in [2.45, 2.75) is 0 Å². The number of ether oxygens (including phenoxy) is 1. The molecule has 0 bridgehead atoms. The second-order valence-electron chi connectivity index (χ2n) is 3.32. The number of halogens is 2. The SMILES string of the molecule is COCCNC(=O)CNc1cc(Br)ccc1Br. The van der Waals surface area contributed by atoms with Crippen molar-refractivity contribution in [2.24, 2.45) is 0 Å². The van der Waals surface area contributed by atoms with Crippen LogP contribution in [0.15, 0.2) is 27.1 Å². The van der Waals surface area contributed by atoms with Gasteiger partial charge in [0.25, 0.3) is 0 Å². The number of methoxy groups -OCH3 is 1. The van der Waals surface area contributed by atoms with Crippen molar-refractivity contribution in [3.05, 3.63) is 27.1 Å². The van der Waals surface area contributed by atoms with Crippen LogP contribution in [0.3, 0.4) is 0 Å². The molecule has 17 heavy (non-hydrogen) atoms. The fourth-order valence-corrected chi connectivity index (χ4v) is 1.91. The quantitative estimate of drug-likeness (QED) is 0.761. The van der Waals surface area contributed by atoms with E-state index in [2.05, 4.69) is 42.5 Å². The molecule has 0 fully saturated rings. The Morgan fingerprint density at radius 2 is 2.18 bits per heavy atom. The third-order valence-electron chi connectivity index (χ3n) is 2.00. The number of rotatable bonds is 6. The van der Waals surface area contributed by atoms with Gasteiger partial charge in [0.05, 0.1) is 13.2 Å². The van der Waals surface area contributed by atoms with Crippen molar-refractivity contribution >= 4 is 43.5 Å². The number of nitrogens with one attached hydrogen (secondary N) is 2. The zero-order valence-corrected chi connectivity index (χ0v) is 12.6. The molecule has 0 unspecified atom stereocenters. The van der Waals surface area contributed by atoms with Crippen molar-refractivity contribution < 1.29 is 9.53 Å². The van der Waals surface area contributed by atoms with E-state index < -0.39 is 0 Å². The summed E-state index contributed by atoms with van der Waals surface area (Å²) in [6, 6.07) is 5.75. The van der Waals surface area contributed by atoms with E-state index in [0.29, 0.717) is 13.2 Å². The van der Waals surface area contributed by atoms with Crippen molar-refractivity contribution in [3.63, 3.8) is 0 Å². The lowest BCUT2D eigenvalue weighted by molar-refractivity contribution is -0.119. The lowest BCUT2D eigenvalue weighted by atomic mass is 10.3. The Balaban J connectivity index is 2.39. The lowest BCUT2D eigenvalue weighted by Crippen LogP contribution is -2.32. The van der Waals surface area contributed by atoms with Gasteiger partial charge in [0.2, 0.25) is 5.91 Å². The fourth-order valence-electron chi connectivity index (χ4n) is 1.16. The van der Waals surface area contributed by atoms with Crippen LogP contribution in [0.25, 0.3) is 0 Å². The van der Waals surface area contributed by atoms with Gasteiger partial charge in [-0.3, -0.25) is 4.79 Å². The maximum atomic E-state index is 11.4. The van der Waals surface area contributed by atoms with Crippen molar-refractivity contribution in [1.29, 1.82) is 0 Å². The third kappa shape index (κ3) is 5.52. The van der Waals surface area contributed by atoms with E-state index in [1.54, 1.807) is 7.11 Å². The molecule has 1 rings (SSSR count). The molecule has 0 aliphatic rings. The summed E-state index contributed by atoms with van der Waals surface area (Å²) in [6.07, 6.45) is 0. The number of benzene rings is 1. The first-order valence-electron chi connectivity index (χ1n) is 5.08. The summed E-state index contributed by atoms with van der Waals surface area (Å²) in [5, 5.41) is 5.79. The van der Waals surface area contributed by atoms with Gasteiger partial charge in [0, 0.05) is 28.3 Å². The molecule has 0 saturated heterocycles. The van der Waals surface area contributed by atoms with E-state index in [9.17, 15) is 4.79 Å². The van der Waals surface area contributed by atoms with Crippen molar-refractivity contribution in [3.8, 4) is 0 Å². The largest absolute Gasteiger partial charge is 0.383 e. The normalized spacial score (nSPS) is 10.1. The molecule has 6 heteroatoms. The van der Waals surface area contributed by atoms with E-state index in [-0.39, 0.29) is 12.5 Å². The second-order valence-corrected chi connectivity index (χ2v) is 5.09. The Labute approximate surface area is 117 Å². The van der Waals surface area contributed by atoms with Gasteiger partial charge in [-0.1, -0.05) is 15.9 Å². The summed E-state index contributed by atoms with van der Waals surface area (Å²) in [6.45, 7) is 1.28. The summed E-state index contributed by atoms with van der Waals surface area (Å²) in [5.41, 5.74) is 0.876. The van der Waals surface area contributed by atoms with Gasteiger partial charge in [-0.05, 0) is 34.1 Å². The Bertz CT molecular complexity index is 386. The van der Waals surface area contributed by atoms with Crippen LogP contribution in [0.4, 0.5) is 5.69 Å². The average molecular weight is 366 g/mol. The fraction of sp³-hybridized carbons (Fsp3) is 0.364. The predicted molar refractivity (Wildman–Crippen MR) is 75.2 cm³/mol. The Morgan fingerprint density at radius 3 is 2.88 bits per heavy atom. The number of amides is 1. The summed E-state index contributed by atoms with van der Waals surface area (Å²) >= 11 is 6.79. The molecule has 94 valence electrons. The third-order valence-corrected chi connectivity index (χ3v) is 3.18. The summed E-state index contributed by atoms with van der Waals surface area (Å²) in [7, 11) is 1.60.